The van der Waals surface area contributed by atoms with E-state index >= 15 is 0 Å². The molecule has 0 fully saturated rings. The van der Waals surface area contributed by atoms with Crippen molar-refractivity contribution in [1.82, 2.24) is 20.2 Å². The van der Waals surface area contributed by atoms with Gasteiger partial charge in [0.05, 0.1) is 28.9 Å². The summed E-state index contributed by atoms with van der Waals surface area (Å²) in [6.07, 6.45) is 0. The minimum atomic E-state index is -0.896. The van der Waals surface area contributed by atoms with Crippen molar-refractivity contribution in [2.45, 2.75) is 13.0 Å². The molecule has 4 rings (SSSR count). The van der Waals surface area contributed by atoms with Crippen LogP contribution >= 0.6 is 0 Å². The summed E-state index contributed by atoms with van der Waals surface area (Å²) in [5.41, 5.74) is 1.35. The molecule has 1 aliphatic rings. The van der Waals surface area contributed by atoms with Gasteiger partial charge in [0.1, 0.15) is 11.8 Å². The number of carbonyl (C=O) groups excluding carboxylic acids is 1. The molecule has 3 aromatic rings. The van der Waals surface area contributed by atoms with Crippen molar-refractivity contribution in [3.05, 3.63) is 75.5 Å². The molecule has 0 radical (unpaired) electrons. The molecular formula is C19H17N7O4. The van der Waals surface area contributed by atoms with E-state index in [4.69, 9.17) is 4.74 Å². The van der Waals surface area contributed by atoms with Gasteiger partial charge in [-0.3, -0.25) is 14.9 Å². The fraction of sp³-hybridized carbons (Fsp3) is 0.158. The molecule has 0 bridgehead atoms. The summed E-state index contributed by atoms with van der Waals surface area (Å²) in [5.74, 6) is 0.302. The van der Waals surface area contributed by atoms with Gasteiger partial charge in [-0.15, -0.1) is 0 Å². The Labute approximate surface area is 170 Å². The minimum Gasteiger partial charge on any atom is -0.495 e. The Bertz CT molecular complexity index is 1170. The quantitative estimate of drug-likeness (QED) is 0.486. The summed E-state index contributed by atoms with van der Waals surface area (Å²) in [7, 11) is 1.50. The lowest BCUT2D eigenvalue weighted by atomic mass is 9.93. The van der Waals surface area contributed by atoms with Gasteiger partial charge < -0.3 is 15.4 Å². The first-order valence-corrected chi connectivity index (χ1v) is 8.94. The first-order valence-electron chi connectivity index (χ1n) is 8.94. The van der Waals surface area contributed by atoms with Crippen LogP contribution in [0.1, 0.15) is 18.5 Å². The van der Waals surface area contributed by atoms with E-state index in [1.165, 1.54) is 17.9 Å². The number of fused-ring (bicyclic) bond motifs is 1. The molecule has 11 nitrogen and oxygen atoms in total. The zero-order valence-corrected chi connectivity index (χ0v) is 16.1. The standard InChI is InChI=1S/C19H17N7O4/c1-11-16(18(27)21-13-8-4-6-10-15(13)30-2)17(25-19(20-11)22-23-24-25)12-7-3-5-9-14(12)26(28)29/h3-10,17H,1-2H3,(H,21,27)(H,20,22,24)/t17-/m0/s1. The smallest absolute Gasteiger partial charge is 0.275 e. The van der Waals surface area contributed by atoms with E-state index in [2.05, 4.69) is 26.2 Å². The number of anilines is 2. The maximum Gasteiger partial charge on any atom is 0.275 e. The zero-order valence-electron chi connectivity index (χ0n) is 16.1. The monoisotopic (exact) mass is 407 g/mol. The number of tetrazole rings is 1. The molecule has 152 valence electrons. The normalized spacial score (nSPS) is 15.2. The van der Waals surface area contributed by atoms with Gasteiger partial charge in [0, 0.05) is 11.8 Å². The highest BCUT2D eigenvalue weighted by atomic mass is 16.6. The number of nitrogens with zero attached hydrogens (tertiary/aromatic N) is 5. The van der Waals surface area contributed by atoms with Gasteiger partial charge in [-0.1, -0.05) is 29.4 Å². The Morgan fingerprint density at radius 3 is 2.73 bits per heavy atom. The van der Waals surface area contributed by atoms with E-state index in [0.29, 0.717) is 22.7 Å². The SMILES string of the molecule is COc1ccccc1NC(=O)C1=C(C)Nc2nnnn2[C@H]1c1ccccc1[N+](=O)[O-]. The van der Waals surface area contributed by atoms with Gasteiger partial charge in [0.25, 0.3) is 11.6 Å². The number of allylic oxidation sites excluding steroid dienone is 1. The molecule has 2 aromatic carbocycles. The predicted molar refractivity (Wildman–Crippen MR) is 107 cm³/mol. The zero-order chi connectivity index (χ0) is 21.3. The third-order valence-electron chi connectivity index (χ3n) is 4.74. The van der Waals surface area contributed by atoms with Crippen molar-refractivity contribution in [3.63, 3.8) is 0 Å². The fourth-order valence-corrected chi connectivity index (χ4v) is 3.42. The summed E-state index contributed by atoms with van der Waals surface area (Å²) < 4.78 is 6.65. The molecule has 0 unspecified atom stereocenters. The van der Waals surface area contributed by atoms with Crippen LogP contribution in [0.3, 0.4) is 0 Å². The number of carbonyl (C=O) groups is 1. The number of aromatic nitrogens is 4. The number of nitrogens with one attached hydrogen (secondary N) is 2. The minimum absolute atomic E-state index is 0.138. The van der Waals surface area contributed by atoms with E-state index in [1.54, 1.807) is 49.4 Å². The number of benzene rings is 2. The molecule has 1 aromatic heterocycles. The number of rotatable bonds is 5. The second-order valence-electron chi connectivity index (χ2n) is 6.48. The van der Waals surface area contributed by atoms with Gasteiger partial charge in [0.15, 0.2) is 0 Å². The molecule has 2 heterocycles. The second-order valence-corrected chi connectivity index (χ2v) is 6.48. The van der Waals surface area contributed by atoms with Crippen molar-refractivity contribution >= 4 is 23.2 Å². The van der Waals surface area contributed by atoms with Crippen LogP contribution in [0.15, 0.2) is 59.8 Å². The maximum absolute atomic E-state index is 13.3. The lowest BCUT2D eigenvalue weighted by Crippen LogP contribution is -2.32. The predicted octanol–water partition coefficient (Wildman–Crippen LogP) is 2.52. The Balaban J connectivity index is 1.83. The van der Waals surface area contributed by atoms with Crippen LogP contribution in [-0.2, 0) is 4.79 Å². The summed E-state index contributed by atoms with van der Waals surface area (Å²) in [6.45, 7) is 1.69. The van der Waals surface area contributed by atoms with Gasteiger partial charge >= 0.3 is 0 Å². The van der Waals surface area contributed by atoms with Crippen molar-refractivity contribution in [2.75, 3.05) is 17.7 Å². The summed E-state index contributed by atoms with van der Waals surface area (Å²) in [4.78, 5) is 24.5. The van der Waals surface area contributed by atoms with E-state index in [0.717, 1.165) is 0 Å². The first kappa shape index (κ1) is 19.1. The van der Waals surface area contributed by atoms with E-state index in [1.807, 2.05) is 0 Å². The average molecular weight is 407 g/mol. The van der Waals surface area contributed by atoms with Crippen LogP contribution in [0.4, 0.5) is 17.3 Å². The average Bonchev–Trinajstić information content (AvgIpc) is 3.21. The van der Waals surface area contributed by atoms with Gasteiger partial charge in [-0.05, 0) is 35.5 Å². The number of para-hydroxylation sites is 3. The molecule has 11 heteroatoms. The Kier molecular flexibility index (Phi) is 4.84. The van der Waals surface area contributed by atoms with Crippen molar-refractivity contribution < 1.29 is 14.5 Å². The number of nitro groups is 1. The third kappa shape index (κ3) is 3.21. The number of nitro benzene ring substituents is 1. The van der Waals surface area contributed by atoms with Crippen LogP contribution in [0.2, 0.25) is 0 Å². The first-order chi connectivity index (χ1) is 14.5. The maximum atomic E-state index is 13.3. The van der Waals surface area contributed by atoms with E-state index < -0.39 is 16.9 Å². The van der Waals surface area contributed by atoms with Crippen molar-refractivity contribution in [2.24, 2.45) is 0 Å². The Morgan fingerprint density at radius 1 is 1.23 bits per heavy atom. The summed E-state index contributed by atoms with van der Waals surface area (Å²) in [6, 6.07) is 12.3. The van der Waals surface area contributed by atoms with Gasteiger partial charge in [0.2, 0.25) is 5.95 Å². The van der Waals surface area contributed by atoms with Crippen LogP contribution in [-0.4, -0.2) is 38.1 Å². The molecule has 1 amide bonds. The lowest BCUT2D eigenvalue weighted by Gasteiger charge is -2.27. The largest absolute Gasteiger partial charge is 0.495 e. The van der Waals surface area contributed by atoms with E-state index in [9.17, 15) is 14.9 Å². The molecule has 1 atom stereocenters. The molecule has 0 saturated heterocycles. The molecule has 0 aliphatic carbocycles. The molecule has 0 saturated carbocycles. The second kappa shape index (κ2) is 7.62. The van der Waals surface area contributed by atoms with E-state index in [-0.39, 0.29) is 17.2 Å². The number of methoxy groups -OCH3 is 1. The number of hydrogen-bond donors (Lipinski definition) is 2. The highest BCUT2D eigenvalue weighted by molar-refractivity contribution is 6.06. The van der Waals surface area contributed by atoms with Gasteiger partial charge in [-0.25, -0.2) is 0 Å². The highest BCUT2D eigenvalue weighted by Gasteiger charge is 2.37. The number of hydrogen-bond acceptors (Lipinski definition) is 8. The van der Waals surface area contributed by atoms with Crippen LogP contribution < -0.4 is 15.4 Å². The highest BCUT2D eigenvalue weighted by Crippen LogP contribution is 2.39. The van der Waals surface area contributed by atoms with Crippen LogP contribution in [0.5, 0.6) is 5.75 Å². The number of amides is 1. The Morgan fingerprint density at radius 2 is 1.97 bits per heavy atom. The lowest BCUT2D eigenvalue weighted by molar-refractivity contribution is -0.385. The molecule has 0 spiro atoms. The van der Waals surface area contributed by atoms with Crippen LogP contribution in [0, 0.1) is 10.1 Å². The molecule has 30 heavy (non-hydrogen) atoms. The third-order valence-corrected chi connectivity index (χ3v) is 4.74. The summed E-state index contributed by atoms with van der Waals surface area (Å²) >= 11 is 0. The fourth-order valence-electron chi connectivity index (χ4n) is 3.42. The molecule has 2 N–H and O–H groups in total. The molecular weight excluding hydrogens is 390 g/mol. The topological polar surface area (TPSA) is 137 Å². The van der Waals surface area contributed by atoms with Crippen molar-refractivity contribution in [3.8, 4) is 5.75 Å². The van der Waals surface area contributed by atoms with Crippen LogP contribution in [0.25, 0.3) is 0 Å². The van der Waals surface area contributed by atoms with Crippen molar-refractivity contribution in [1.29, 1.82) is 0 Å². The molecule has 1 aliphatic heterocycles. The number of ether oxygens (including phenoxy) is 1. The Hall–Kier alpha value is -4.28. The summed E-state index contributed by atoms with van der Waals surface area (Å²) in [5, 5.41) is 28.9. The van der Waals surface area contributed by atoms with Gasteiger partial charge in [-0.2, -0.15) is 4.68 Å².